The van der Waals surface area contributed by atoms with Gasteiger partial charge in [-0.1, -0.05) is 0 Å². The second-order valence-electron chi connectivity index (χ2n) is 4.72. The molecule has 0 bridgehead atoms. The molecule has 3 N–H and O–H groups in total. The topological polar surface area (TPSA) is 85.0 Å². The van der Waals surface area contributed by atoms with Crippen LogP contribution in [0, 0.1) is 5.82 Å². The largest absolute Gasteiger partial charge is 0.462 e. The van der Waals surface area contributed by atoms with Crippen LogP contribution in [-0.4, -0.2) is 50.1 Å². The van der Waals surface area contributed by atoms with Gasteiger partial charge in [0.05, 0.1) is 43.7 Å². The molecule has 1 aromatic rings. The van der Waals surface area contributed by atoms with E-state index in [0.717, 1.165) is 6.07 Å². The molecule has 1 aromatic carbocycles. The summed E-state index contributed by atoms with van der Waals surface area (Å²) in [5.41, 5.74) is 6.05. The van der Waals surface area contributed by atoms with Gasteiger partial charge in [0, 0.05) is 12.2 Å². The first kappa shape index (κ1) is 15.5. The Balaban J connectivity index is 2.38. The first-order valence-electron chi connectivity index (χ1n) is 6.79. The number of hydrogen-bond donors (Lipinski definition) is 2. The average Bonchev–Trinajstić information content (AvgIpc) is 2.47. The number of aliphatic hydroxyl groups is 1. The summed E-state index contributed by atoms with van der Waals surface area (Å²) < 4.78 is 24.4. The van der Waals surface area contributed by atoms with Crippen molar-refractivity contribution < 1.29 is 23.8 Å². The number of benzene rings is 1. The third-order valence-corrected chi connectivity index (χ3v) is 3.36. The van der Waals surface area contributed by atoms with Gasteiger partial charge < -0.3 is 25.2 Å². The summed E-state index contributed by atoms with van der Waals surface area (Å²) in [6, 6.07) is 2.12. The molecule has 1 atom stereocenters. The highest BCUT2D eigenvalue weighted by atomic mass is 19.1. The first-order valence-corrected chi connectivity index (χ1v) is 6.79. The van der Waals surface area contributed by atoms with E-state index in [2.05, 4.69) is 0 Å². The van der Waals surface area contributed by atoms with Gasteiger partial charge in [-0.2, -0.15) is 0 Å². The molecule has 21 heavy (non-hydrogen) atoms. The maximum absolute atomic E-state index is 14.2. The fourth-order valence-electron chi connectivity index (χ4n) is 2.31. The number of halogens is 1. The van der Waals surface area contributed by atoms with E-state index in [1.165, 1.54) is 6.07 Å². The lowest BCUT2D eigenvalue weighted by atomic mass is 10.1. The van der Waals surface area contributed by atoms with E-state index in [4.69, 9.17) is 15.2 Å². The Labute approximate surface area is 122 Å². The van der Waals surface area contributed by atoms with E-state index in [1.54, 1.807) is 11.8 Å². The predicted octanol–water partition coefficient (Wildman–Crippen LogP) is 0.782. The van der Waals surface area contributed by atoms with Crippen molar-refractivity contribution in [3.05, 3.63) is 23.5 Å². The van der Waals surface area contributed by atoms with Gasteiger partial charge in [-0.15, -0.1) is 0 Å². The molecule has 0 spiro atoms. The minimum absolute atomic E-state index is 0.0310. The predicted molar refractivity (Wildman–Crippen MR) is 75.8 cm³/mol. The lowest BCUT2D eigenvalue weighted by Gasteiger charge is -2.36. The monoisotopic (exact) mass is 298 g/mol. The summed E-state index contributed by atoms with van der Waals surface area (Å²) >= 11 is 0. The van der Waals surface area contributed by atoms with Gasteiger partial charge in [0.1, 0.15) is 5.82 Å². The zero-order chi connectivity index (χ0) is 15.4. The van der Waals surface area contributed by atoms with Crippen LogP contribution in [-0.2, 0) is 9.47 Å². The number of nitrogens with zero attached hydrogens (tertiary/aromatic N) is 1. The number of nitrogen functional groups attached to an aromatic ring is 1. The molecule has 2 rings (SSSR count). The maximum atomic E-state index is 14.2. The second-order valence-corrected chi connectivity index (χ2v) is 4.72. The Bertz CT molecular complexity index is 524. The van der Waals surface area contributed by atoms with Gasteiger partial charge in [-0.3, -0.25) is 0 Å². The molecule has 0 amide bonds. The minimum Gasteiger partial charge on any atom is -0.462 e. The highest BCUT2D eigenvalue weighted by Gasteiger charge is 2.26. The molecule has 1 aliphatic rings. The lowest BCUT2D eigenvalue weighted by Crippen LogP contribution is -2.48. The molecule has 0 aromatic heterocycles. The van der Waals surface area contributed by atoms with Crippen LogP contribution in [0.1, 0.15) is 17.3 Å². The molecule has 6 nitrogen and oxygen atoms in total. The molecular weight excluding hydrogens is 279 g/mol. The van der Waals surface area contributed by atoms with E-state index in [9.17, 15) is 14.3 Å². The van der Waals surface area contributed by atoms with Crippen molar-refractivity contribution in [2.24, 2.45) is 0 Å². The van der Waals surface area contributed by atoms with Gasteiger partial charge in [-0.25, -0.2) is 9.18 Å². The normalized spacial score (nSPS) is 18.6. The molecular formula is C14H19FN2O4. The summed E-state index contributed by atoms with van der Waals surface area (Å²) in [6.07, 6.45) is 0. The number of aliphatic hydroxyl groups excluding tert-OH is 1. The third-order valence-electron chi connectivity index (χ3n) is 3.36. The fraction of sp³-hybridized carbons (Fsp3) is 0.500. The Kier molecular flexibility index (Phi) is 4.98. The molecule has 1 heterocycles. The molecule has 0 radical (unpaired) electrons. The van der Waals surface area contributed by atoms with Crippen LogP contribution < -0.4 is 10.6 Å². The summed E-state index contributed by atoms with van der Waals surface area (Å²) in [6.45, 7) is 2.88. The molecule has 116 valence electrons. The van der Waals surface area contributed by atoms with Crippen molar-refractivity contribution in [3.63, 3.8) is 0 Å². The van der Waals surface area contributed by atoms with E-state index in [0.29, 0.717) is 19.8 Å². The number of esters is 1. The third kappa shape index (κ3) is 3.25. The second kappa shape index (κ2) is 6.73. The summed E-state index contributed by atoms with van der Waals surface area (Å²) in [5.74, 6) is -1.13. The van der Waals surface area contributed by atoms with E-state index in [1.807, 2.05) is 0 Å². The minimum atomic E-state index is -0.593. The van der Waals surface area contributed by atoms with Crippen molar-refractivity contribution in [1.82, 2.24) is 0 Å². The van der Waals surface area contributed by atoms with Crippen molar-refractivity contribution >= 4 is 17.3 Å². The van der Waals surface area contributed by atoms with Crippen LogP contribution in [0.25, 0.3) is 0 Å². The summed E-state index contributed by atoms with van der Waals surface area (Å²) in [4.78, 5) is 13.5. The molecule has 1 fully saturated rings. The van der Waals surface area contributed by atoms with Crippen LogP contribution in [0.3, 0.4) is 0 Å². The van der Waals surface area contributed by atoms with Gasteiger partial charge in [-0.05, 0) is 19.1 Å². The van der Waals surface area contributed by atoms with Gasteiger partial charge in [0.2, 0.25) is 0 Å². The lowest BCUT2D eigenvalue weighted by molar-refractivity contribution is 0.0527. The first-order chi connectivity index (χ1) is 10.1. The van der Waals surface area contributed by atoms with E-state index < -0.39 is 11.8 Å². The highest BCUT2D eigenvalue weighted by molar-refractivity contribution is 5.96. The molecule has 1 aliphatic heterocycles. The van der Waals surface area contributed by atoms with Crippen molar-refractivity contribution in [2.45, 2.75) is 13.0 Å². The number of carbonyl (C=O) groups excluding carboxylic acids is 1. The van der Waals surface area contributed by atoms with Crippen LogP contribution in [0.5, 0.6) is 0 Å². The smallest absolute Gasteiger partial charge is 0.340 e. The Morgan fingerprint density at radius 1 is 1.62 bits per heavy atom. The zero-order valence-corrected chi connectivity index (χ0v) is 11.8. The number of rotatable bonds is 4. The Morgan fingerprint density at radius 3 is 3.05 bits per heavy atom. The van der Waals surface area contributed by atoms with Crippen LogP contribution in [0.15, 0.2) is 12.1 Å². The summed E-state index contributed by atoms with van der Waals surface area (Å²) in [7, 11) is 0. The molecule has 0 saturated carbocycles. The SMILES string of the molecule is CCOC(=O)c1cc(N2CCOCC2CO)c(F)cc1N. The number of anilines is 2. The van der Waals surface area contributed by atoms with E-state index >= 15 is 0 Å². The Hall–Kier alpha value is -1.86. The maximum Gasteiger partial charge on any atom is 0.340 e. The van der Waals surface area contributed by atoms with E-state index in [-0.39, 0.29) is 36.2 Å². The highest BCUT2D eigenvalue weighted by Crippen LogP contribution is 2.28. The summed E-state index contributed by atoms with van der Waals surface area (Å²) in [5, 5.41) is 9.37. The molecule has 1 saturated heterocycles. The van der Waals surface area contributed by atoms with Crippen molar-refractivity contribution in [3.8, 4) is 0 Å². The molecule has 1 unspecified atom stereocenters. The van der Waals surface area contributed by atoms with Crippen LogP contribution in [0.4, 0.5) is 15.8 Å². The van der Waals surface area contributed by atoms with Gasteiger partial charge >= 0.3 is 5.97 Å². The number of carbonyl (C=O) groups is 1. The number of nitrogens with two attached hydrogens (primary N) is 1. The fourth-order valence-corrected chi connectivity index (χ4v) is 2.31. The van der Waals surface area contributed by atoms with Crippen LogP contribution >= 0.6 is 0 Å². The number of ether oxygens (including phenoxy) is 2. The zero-order valence-electron chi connectivity index (χ0n) is 11.8. The molecule has 7 heteroatoms. The number of morpholine rings is 1. The van der Waals surface area contributed by atoms with Gasteiger partial charge in [0.15, 0.2) is 0 Å². The molecule has 0 aliphatic carbocycles. The Morgan fingerprint density at radius 2 is 2.38 bits per heavy atom. The van der Waals surface area contributed by atoms with Crippen molar-refractivity contribution in [1.29, 1.82) is 0 Å². The van der Waals surface area contributed by atoms with Crippen LogP contribution in [0.2, 0.25) is 0 Å². The van der Waals surface area contributed by atoms with Gasteiger partial charge in [0.25, 0.3) is 0 Å². The average molecular weight is 298 g/mol. The standard InChI is InChI=1S/C14H19FN2O4/c1-2-21-14(19)10-5-13(11(15)6-12(10)16)17-3-4-20-8-9(17)7-18/h5-6,9,18H,2-4,7-8,16H2,1H3. The quantitative estimate of drug-likeness (QED) is 0.631. The van der Waals surface area contributed by atoms with Crippen molar-refractivity contribution in [2.75, 3.05) is 43.6 Å². The number of hydrogen-bond acceptors (Lipinski definition) is 6.